The Morgan fingerprint density at radius 1 is 1.52 bits per heavy atom. The molecule has 6 heteroatoms. The maximum Gasteiger partial charge on any atom is 0.315 e. The van der Waals surface area contributed by atoms with Crippen molar-refractivity contribution < 1.29 is 14.6 Å². The number of hydrogen-bond donors (Lipinski definition) is 3. The van der Waals surface area contributed by atoms with E-state index in [0.29, 0.717) is 6.54 Å². The number of halogens is 1. The zero-order chi connectivity index (χ0) is 15.5. The fourth-order valence-electron chi connectivity index (χ4n) is 2.29. The lowest BCUT2D eigenvalue weighted by atomic mass is 9.80. The van der Waals surface area contributed by atoms with Gasteiger partial charge in [-0.2, -0.15) is 0 Å². The van der Waals surface area contributed by atoms with Gasteiger partial charge in [-0.3, -0.25) is 0 Å². The summed E-state index contributed by atoms with van der Waals surface area (Å²) in [7, 11) is 1.61. The van der Waals surface area contributed by atoms with Crippen molar-refractivity contribution in [1.82, 2.24) is 10.6 Å². The molecule has 116 valence electrons. The molecule has 1 aromatic rings. The van der Waals surface area contributed by atoms with Crippen molar-refractivity contribution in [2.24, 2.45) is 0 Å². The molecule has 1 saturated carbocycles. The van der Waals surface area contributed by atoms with Crippen molar-refractivity contribution in [3.05, 3.63) is 28.2 Å². The second-order valence-corrected chi connectivity index (χ2v) is 6.37. The SMILES string of the molecule is COc1ccc(C(C)NC(=O)NCC2(O)CCC2)cc1Br. The minimum absolute atomic E-state index is 0.136. The maximum absolute atomic E-state index is 11.9. The lowest BCUT2D eigenvalue weighted by Gasteiger charge is -2.36. The predicted molar refractivity (Wildman–Crippen MR) is 84.4 cm³/mol. The van der Waals surface area contributed by atoms with Crippen LogP contribution in [-0.4, -0.2) is 30.4 Å². The van der Waals surface area contributed by atoms with E-state index < -0.39 is 5.60 Å². The minimum Gasteiger partial charge on any atom is -0.496 e. The molecular weight excluding hydrogens is 336 g/mol. The molecule has 3 N–H and O–H groups in total. The summed E-state index contributed by atoms with van der Waals surface area (Å²) in [6.45, 7) is 2.21. The Hall–Kier alpha value is -1.27. The molecule has 0 bridgehead atoms. The Balaban J connectivity index is 1.86. The molecule has 1 aromatic carbocycles. The third kappa shape index (κ3) is 4.11. The first-order valence-corrected chi connectivity index (χ1v) is 7.83. The second-order valence-electron chi connectivity index (χ2n) is 5.52. The van der Waals surface area contributed by atoms with Gasteiger partial charge < -0.3 is 20.5 Å². The Kier molecular flexibility index (Phi) is 5.11. The van der Waals surface area contributed by atoms with Gasteiger partial charge in [0.2, 0.25) is 0 Å². The topological polar surface area (TPSA) is 70.6 Å². The van der Waals surface area contributed by atoms with E-state index in [1.165, 1.54) is 0 Å². The summed E-state index contributed by atoms with van der Waals surface area (Å²) in [5, 5.41) is 15.5. The number of nitrogens with one attached hydrogen (secondary N) is 2. The molecule has 0 radical (unpaired) electrons. The Bertz CT molecular complexity index is 518. The van der Waals surface area contributed by atoms with Crippen LogP contribution in [0.4, 0.5) is 4.79 Å². The first-order chi connectivity index (χ1) is 9.93. The van der Waals surface area contributed by atoms with Crippen LogP contribution in [0.2, 0.25) is 0 Å². The number of methoxy groups -OCH3 is 1. The lowest BCUT2D eigenvalue weighted by Crippen LogP contribution is -2.50. The molecule has 0 aromatic heterocycles. The molecule has 2 rings (SSSR count). The molecule has 1 aliphatic carbocycles. The molecule has 1 aliphatic rings. The molecule has 2 amide bonds. The standard InChI is InChI=1S/C15H21BrN2O3/c1-10(11-4-5-13(21-2)12(16)8-11)18-14(19)17-9-15(20)6-3-7-15/h4-5,8,10,20H,3,6-7,9H2,1-2H3,(H2,17,18,19). The summed E-state index contributed by atoms with van der Waals surface area (Å²) < 4.78 is 6.03. The number of benzene rings is 1. The van der Waals surface area contributed by atoms with Crippen LogP contribution in [0.1, 0.15) is 37.8 Å². The van der Waals surface area contributed by atoms with E-state index >= 15 is 0 Å². The van der Waals surface area contributed by atoms with Gasteiger partial charge in [0, 0.05) is 6.54 Å². The molecule has 1 atom stereocenters. The summed E-state index contributed by atoms with van der Waals surface area (Å²) in [6, 6.07) is 5.28. The van der Waals surface area contributed by atoms with Crippen LogP contribution in [0.5, 0.6) is 5.75 Å². The summed E-state index contributed by atoms with van der Waals surface area (Å²) in [5.41, 5.74) is 0.268. The highest BCUT2D eigenvalue weighted by atomic mass is 79.9. The smallest absolute Gasteiger partial charge is 0.315 e. The number of hydrogen-bond acceptors (Lipinski definition) is 3. The molecule has 5 nitrogen and oxygen atoms in total. The van der Waals surface area contributed by atoms with E-state index in [4.69, 9.17) is 4.74 Å². The van der Waals surface area contributed by atoms with Gasteiger partial charge in [0.05, 0.1) is 23.2 Å². The van der Waals surface area contributed by atoms with E-state index in [0.717, 1.165) is 35.0 Å². The molecular formula is C15H21BrN2O3. The number of aliphatic hydroxyl groups is 1. The number of amides is 2. The van der Waals surface area contributed by atoms with Crippen molar-refractivity contribution in [2.75, 3.05) is 13.7 Å². The van der Waals surface area contributed by atoms with Crippen molar-refractivity contribution in [3.63, 3.8) is 0 Å². The average molecular weight is 357 g/mol. The van der Waals surface area contributed by atoms with Gasteiger partial charge in [0.15, 0.2) is 0 Å². The van der Waals surface area contributed by atoms with Gasteiger partial charge in [-0.25, -0.2) is 4.79 Å². The molecule has 0 spiro atoms. The van der Waals surface area contributed by atoms with Crippen LogP contribution in [0.3, 0.4) is 0 Å². The summed E-state index contributed by atoms with van der Waals surface area (Å²) in [5.74, 6) is 0.752. The highest BCUT2D eigenvalue weighted by Gasteiger charge is 2.34. The normalized spacial score (nSPS) is 17.5. The number of urea groups is 1. The largest absolute Gasteiger partial charge is 0.496 e. The Labute approximate surface area is 133 Å². The van der Waals surface area contributed by atoms with Crippen molar-refractivity contribution >= 4 is 22.0 Å². The fraction of sp³-hybridized carbons (Fsp3) is 0.533. The van der Waals surface area contributed by atoms with Crippen LogP contribution < -0.4 is 15.4 Å². The quantitative estimate of drug-likeness (QED) is 0.759. The van der Waals surface area contributed by atoms with Crippen LogP contribution in [0.15, 0.2) is 22.7 Å². The minimum atomic E-state index is -0.705. The number of rotatable bonds is 5. The van der Waals surface area contributed by atoms with Crippen molar-refractivity contribution in [2.45, 2.75) is 37.8 Å². The number of carbonyl (C=O) groups is 1. The highest BCUT2D eigenvalue weighted by Crippen LogP contribution is 2.30. The number of ether oxygens (including phenoxy) is 1. The lowest BCUT2D eigenvalue weighted by molar-refractivity contribution is -0.0290. The van der Waals surface area contributed by atoms with E-state index in [9.17, 15) is 9.90 Å². The third-order valence-electron chi connectivity index (χ3n) is 3.89. The van der Waals surface area contributed by atoms with Gasteiger partial charge in [0.25, 0.3) is 0 Å². The summed E-state index contributed by atoms with van der Waals surface area (Å²) in [6.07, 6.45) is 2.54. The van der Waals surface area contributed by atoms with Gasteiger partial charge in [0.1, 0.15) is 5.75 Å². The predicted octanol–water partition coefficient (Wildman–Crippen LogP) is 2.73. The zero-order valence-corrected chi connectivity index (χ0v) is 13.9. The van der Waals surface area contributed by atoms with Gasteiger partial charge in [-0.15, -0.1) is 0 Å². The van der Waals surface area contributed by atoms with Crippen LogP contribution >= 0.6 is 15.9 Å². The van der Waals surface area contributed by atoms with Gasteiger partial charge >= 0.3 is 6.03 Å². The monoisotopic (exact) mass is 356 g/mol. The van der Waals surface area contributed by atoms with Crippen LogP contribution in [0, 0.1) is 0 Å². The fourth-order valence-corrected chi connectivity index (χ4v) is 2.85. The molecule has 1 fully saturated rings. The van der Waals surface area contributed by atoms with Gasteiger partial charge in [-0.05, 0) is 59.8 Å². The summed E-state index contributed by atoms with van der Waals surface area (Å²) >= 11 is 3.43. The van der Waals surface area contributed by atoms with E-state index in [1.807, 2.05) is 25.1 Å². The summed E-state index contributed by atoms with van der Waals surface area (Å²) in [4.78, 5) is 11.9. The van der Waals surface area contributed by atoms with Crippen LogP contribution in [-0.2, 0) is 0 Å². The first kappa shape index (κ1) is 16.1. The van der Waals surface area contributed by atoms with Crippen molar-refractivity contribution in [3.8, 4) is 5.75 Å². The van der Waals surface area contributed by atoms with Crippen LogP contribution in [0.25, 0.3) is 0 Å². The molecule has 21 heavy (non-hydrogen) atoms. The van der Waals surface area contributed by atoms with Gasteiger partial charge in [-0.1, -0.05) is 6.07 Å². The molecule has 0 aliphatic heterocycles. The molecule has 0 saturated heterocycles. The first-order valence-electron chi connectivity index (χ1n) is 7.04. The highest BCUT2D eigenvalue weighted by molar-refractivity contribution is 9.10. The van der Waals surface area contributed by atoms with E-state index in [2.05, 4.69) is 26.6 Å². The van der Waals surface area contributed by atoms with E-state index in [1.54, 1.807) is 7.11 Å². The zero-order valence-electron chi connectivity index (χ0n) is 12.3. The number of carbonyl (C=O) groups excluding carboxylic acids is 1. The Morgan fingerprint density at radius 2 is 2.24 bits per heavy atom. The molecule has 0 heterocycles. The maximum atomic E-state index is 11.9. The Morgan fingerprint density at radius 3 is 2.76 bits per heavy atom. The van der Waals surface area contributed by atoms with Crippen molar-refractivity contribution in [1.29, 1.82) is 0 Å². The average Bonchev–Trinajstić information content (AvgIpc) is 2.43. The third-order valence-corrected chi connectivity index (χ3v) is 4.51. The molecule has 1 unspecified atom stereocenters. The van der Waals surface area contributed by atoms with E-state index in [-0.39, 0.29) is 12.1 Å². The second kappa shape index (κ2) is 6.66.